The second-order valence-corrected chi connectivity index (χ2v) is 5.82. The third-order valence-corrected chi connectivity index (χ3v) is 5.13. The van der Waals surface area contributed by atoms with E-state index in [1.165, 1.54) is 11.1 Å². The summed E-state index contributed by atoms with van der Waals surface area (Å²) in [6, 6.07) is 0. The van der Waals surface area contributed by atoms with E-state index in [1.807, 2.05) is 6.92 Å². The first-order valence-electron chi connectivity index (χ1n) is 4.58. The molecular weight excluding hydrogens is 231 g/mol. The van der Waals surface area contributed by atoms with Crippen LogP contribution in [0.4, 0.5) is 0 Å². The molecule has 0 saturated heterocycles. The van der Waals surface area contributed by atoms with Crippen molar-refractivity contribution in [1.82, 2.24) is 0 Å². The summed E-state index contributed by atoms with van der Waals surface area (Å²) < 4.78 is 5.02. The molecule has 2 nitrogen and oxygen atoms in total. The van der Waals surface area contributed by atoms with E-state index in [0.29, 0.717) is 21.6 Å². The predicted octanol–water partition coefficient (Wildman–Crippen LogP) is 2.20. The summed E-state index contributed by atoms with van der Waals surface area (Å²) >= 11 is 0.413. The van der Waals surface area contributed by atoms with Crippen molar-refractivity contribution in [2.75, 3.05) is 6.61 Å². The number of allylic oxidation sites excluding steroid dienone is 2. The normalized spacial score (nSPS) is 23.2. The first kappa shape index (κ1) is 10.8. The molecule has 0 radical (unpaired) electrons. The van der Waals surface area contributed by atoms with Crippen LogP contribution in [0.2, 0.25) is 10.1 Å². The first-order valence-corrected chi connectivity index (χ1v) is 6.78. The van der Waals surface area contributed by atoms with Gasteiger partial charge in [-0.15, -0.1) is 0 Å². The van der Waals surface area contributed by atoms with Gasteiger partial charge in [0.25, 0.3) is 0 Å². The number of rotatable bonds is 2. The molecule has 1 heterocycles. The van der Waals surface area contributed by atoms with Gasteiger partial charge in [-0.1, -0.05) is 0 Å². The van der Waals surface area contributed by atoms with Crippen LogP contribution in [0.25, 0.3) is 0 Å². The van der Waals surface area contributed by atoms with Crippen LogP contribution in [0.15, 0.2) is 11.1 Å². The molecule has 0 fully saturated rings. The molecule has 0 spiro atoms. The average Bonchev–Trinajstić information content (AvgIpc) is 2.10. The average molecular weight is 247 g/mol. The van der Waals surface area contributed by atoms with Gasteiger partial charge in [-0.2, -0.15) is 0 Å². The molecule has 0 bridgehead atoms. The van der Waals surface area contributed by atoms with Gasteiger partial charge in [0.1, 0.15) is 0 Å². The molecule has 0 aliphatic carbocycles. The molecule has 3 heteroatoms. The van der Waals surface area contributed by atoms with Gasteiger partial charge in [0, 0.05) is 0 Å². The fraction of sp³-hybridized carbons (Fsp3) is 0.700. The number of esters is 1. The zero-order valence-electron chi connectivity index (χ0n) is 8.42. The third kappa shape index (κ3) is 2.85. The van der Waals surface area contributed by atoms with E-state index in [4.69, 9.17) is 4.74 Å². The Morgan fingerprint density at radius 3 is 2.77 bits per heavy atom. The van der Waals surface area contributed by atoms with Crippen LogP contribution < -0.4 is 0 Å². The Hall–Kier alpha value is -0.271. The second kappa shape index (κ2) is 4.82. The number of ether oxygens (including phenoxy) is 1. The molecule has 0 aromatic carbocycles. The Morgan fingerprint density at radius 2 is 2.23 bits per heavy atom. The van der Waals surface area contributed by atoms with E-state index in [-0.39, 0.29) is 10.8 Å². The maximum absolute atomic E-state index is 11.4. The van der Waals surface area contributed by atoms with Crippen molar-refractivity contribution >= 4 is 20.9 Å². The van der Waals surface area contributed by atoms with E-state index in [9.17, 15) is 4.79 Å². The molecule has 1 atom stereocenters. The van der Waals surface area contributed by atoms with Gasteiger partial charge in [0.2, 0.25) is 0 Å². The van der Waals surface area contributed by atoms with Gasteiger partial charge >= 0.3 is 85.5 Å². The molecule has 0 aromatic rings. The van der Waals surface area contributed by atoms with Gasteiger partial charge in [-0.3, -0.25) is 0 Å². The van der Waals surface area contributed by atoms with Crippen LogP contribution in [-0.4, -0.2) is 27.5 Å². The monoisotopic (exact) mass is 248 g/mol. The molecule has 13 heavy (non-hydrogen) atoms. The summed E-state index contributed by atoms with van der Waals surface area (Å²) in [6.07, 6.45) is 0.921. The Morgan fingerprint density at radius 1 is 1.54 bits per heavy atom. The van der Waals surface area contributed by atoms with E-state index < -0.39 is 0 Å². The minimum atomic E-state index is 0.00866. The van der Waals surface area contributed by atoms with Crippen molar-refractivity contribution in [3.05, 3.63) is 11.1 Å². The number of carbonyl (C=O) groups is 1. The predicted molar refractivity (Wildman–Crippen MR) is 53.9 cm³/mol. The van der Waals surface area contributed by atoms with Crippen molar-refractivity contribution in [3.8, 4) is 0 Å². The molecule has 0 N–H and O–H groups in total. The summed E-state index contributed by atoms with van der Waals surface area (Å²) in [5.74, 6) is 0.00866. The van der Waals surface area contributed by atoms with Crippen LogP contribution in [0.3, 0.4) is 0 Å². The van der Waals surface area contributed by atoms with Crippen LogP contribution in [-0.2, 0) is 9.53 Å². The molecule has 74 valence electrons. The van der Waals surface area contributed by atoms with Crippen molar-refractivity contribution in [1.29, 1.82) is 0 Å². The molecule has 1 unspecified atom stereocenters. The number of hydrogen-bond donors (Lipinski definition) is 0. The Kier molecular flexibility index (Phi) is 4.01. The first-order chi connectivity index (χ1) is 6.15. The Bertz CT molecular complexity index is 233. The number of hydrogen-bond acceptors (Lipinski definition) is 2. The van der Waals surface area contributed by atoms with Crippen molar-refractivity contribution in [2.24, 2.45) is 0 Å². The summed E-state index contributed by atoms with van der Waals surface area (Å²) in [7, 11) is 0. The molecule has 1 aliphatic rings. The van der Waals surface area contributed by atoms with Crippen LogP contribution >= 0.6 is 0 Å². The maximum atomic E-state index is 11.4. The van der Waals surface area contributed by atoms with E-state index in [2.05, 4.69) is 13.8 Å². The third-order valence-electron chi connectivity index (χ3n) is 2.27. The van der Waals surface area contributed by atoms with E-state index >= 15 is 0 Å². The van der Waals surface area contributed by atoms with Crippen molar-refractivity contribution in [3.63, 3.8) is 0 Å². The molecule has 0 aromatic heterocycles. The number of carbonyl (C=O) groups excluding carboxylic acids is 1. The topological polar surface area (TPSA) is 26.3 Å². The molecule has 1 aliphatic heterocycles. The second-order valence-electron chi connectivity index (χ2n) is 3.32. The Labute approximate surface area is 85.9 Å². The van der Waals surface area contributed by atoms with Crippen molar-refractivity contribution in [2.45, 2.75) is 37.3 Å². The fourth-order valence-electron chi connectivity index (χ4n) is 1.25. The van der Waals surface area contributed by atoms with Crippen LogP contribution in [0.5, 0.6) is 0 Å². The molecule has 0 saturated carbocycles. The Balaban J connectivity index is 2.53. The van der Waals surface area contributed by atoms with Crippen LogP contribution in [0.1, 0.15) is 27.2 Å². The molecule has 1 rings (SSSR count). The fourth-order valence-corrected chi connectivity index (χ4v) is 3.91. The summed E-state index contributed by atoms with van der Waals surface area (Å²) in [5.41, 5.74) is 2.85. The van der Waals surface area contributed by atoms with Gasteiger partial charge in [-0.05, 0) is 0 Å². The summed E-state index contributed by atoms with van der Waals surface area (Å²) in [4.78, 5) is 11.6. The SMILES string of the molecule is CCOC(=O)C1CC(C)=C(C)C[Se]1. The van der Waals surface area contributed by atoms with Crippen LogP contribution in [0, 0.1) is 0 Å². The zero-order valence-corrected chi connectivity index (χ0v) is 10.1. The summed E-state index contributed by atoms with van der Waals surface area (Å²) in [6.45, 7) is 6.66. The van der Waals surface area contributed by atoms with E-state index in [1.54, 1.807) is 0 Å². The molecular formula is C10H16O2Se. The minimum absolute atomic E-state index is 0.00866. The van der Waals surface area contributed by atoms with Gasteiger partial charge in [0.05, 0.1) is 0 Å². The quantitative estimate of drug-likeness (QED) is 0.425. The van der Waals surface area contributed by atoms with Gasteiger partial charge < -0.3 is 0 Å². The van der Waals surface area contributed by atoms with Gasteiger partial charge in [0.15, 0.2) is 0 Å². The molecule has 0 amide bonds. The van der Waals surface area contributed by atoms with E-state index in [0.717, 1.165) is 11.7 Å². The van der Waals surface area contributed by atoms with Crippen molar-refractivity contribution < 1.29 is 9.53 Å². The zero-order chi connectivity index (χ0) is 9.84. The summed E-state index contributed by atoms with van der Waals surface area (Å²) in [5, 5.41) is 1.11. The van der Waals surface area contributed by atoms with Gasteiger partial charge in [-0.25, -0.2) is 0 Å². The standard InChI is InChI=1S/C10H16O2Se/c1-4-12-10(11)9-5-7(2)8(3)6-13-9/h9H,4-6H2,1-3H3.